The molecular weight excluding hydrogens is 200 g/mol. The summed E-state index contributed by atoms with van der Waals surface area (Å²) in [4.78, 5) is 0. The van der Waals surface area contributed by atoms with Crippen LogP contribution in [0.1, 0.15) is 19.0 Å². The summed E-state index contributed by atoms with van der Waals surface area (Å²) in [6.07, 6.45) is 3.13. The first-order chi connectivity index (χ1) is 7.77. The maximum Gasteiger partial charge on any atom is 0.0648 e. The number of benzene rings is 1. The molecule has 1 aromatic carbocycles. The third-order valence-corrected chi connectivity index (χ3v) is 2.54. The average Bonchev–Trinajstić information content (AvgIpc) is 2.75. The van der Waals surface area contributed by atoms with Gasteiger partial charge in [-0.2, -0.15) is 5.10 Å². The van der Waals surface area contributed by atoms with Crippen molar-refractivity contribution in [1.82, 2.24) is 9.78 Å². The third-order valence-electron chi connectivity index (χ3n) is 2.54. The van der Waals surface area contributed by atoms with Crippen molar-refractivity contribution >= 4 is 0 Å². The third kappa shape index (κ3) is 2.49. The van der Waals surface area contributed by atoms with Crippen molar-refractivity contribution in [3.05, 3.63) is 48.3 Å². The molecule has 2 rings (SSSR count). The molecule has 84 valence electrons. The monoisotopic (exact) mass is 216 g/mol. The van der Waals surface area contributed by atoms with Gasteiger partial charge in [0.15, 0.2) is 0 Å². The number of aromatic nitrogens is 2. The average molecular weight is 216 g/mol. The maximum atomic E-state index is 9.28. The first-order valence-corrected chi connectivity index (χ1v) is 5.54. The van der Waals surface area contributed by atoms with Crippen LogP contribution >= 0.6 is 0 Å². The molecule has 0 aliphatic heterocycles. The van der Waals surface area contributed by atoms with Crippen molar-refractivity contribution in [2.45, 2.75) is 25.9 Å². The van der Waals surface area contributed by atoms with Crippen LogP contribution in [-0.2, 0) is 6.42 Å². The second-order valence-electron chi connectivity index (χ2n) is 3.96. The van der Waals surface area contributed by atoms with Crippen molar-refractivity contribution in [3.63, 3.8) is 0 Å². The predicted molar refractivity (Wildman–Crippen MR) is 63.6 cm³/mol. The fourth-order valence-electron chi connectivity index (χ4n) is 1.68. The fourth-order valence-corrected chi connectivity index (χ4v) is 1.68. The number of para-hydroxylation sites is 1. The highest BCUT2D eigenvalue weighted by Crippen LogP contribution is 2.12. The molecule has 0 bridgehead atoms. The summed E-state index contributed by atoms with van der Waals surface area (Å²) in [6, 6.07) is 12.0. The molecule has 0 radical (unpaired) electrons. The quantitative estimate of drug-likeness (QED) is 0.850. The van der Waals surface area contributed by atoms with Gasteiger partial charge in [-0.3, -0.25) is 0 Å². The van der Waals surface area contributed by atoms with Crippen molar-refractivity contribution in [2.24, 2.45) is 0 Å². The topological polar surface area (TPSA) is 38.1 Å². The Morgan fingerprint density at radius 1 is 1.25 bits per heavy atom. The molecule has 3 heteroatoms. The van der Waals surface area contributed by atoms with Crippen LogP contribution in [0.25, 0.3) is 5.69 Å². The van der Waals surface area contributed by atoms with Gasteiger partial charge >= 0.3 is 0 Å². The molecule has 1 heterocycles. The molecule has 0 saturated heterocycles. The minimum Gasteiger partial charge on any atom is -0.393 e. The zero-order chi connectivity index (χ0) is 11.4. The minimum atomic E-state index is -0.265. The Morgan fingerprint density at radius 3 is 2.69 bits per heavy atom. The zero-order valence-electron chi connectivity index (χ0n) is 9.37. The summed E-state index contributed by atoms with van der Waals surface area (Å²) in [7, 11) is 0. The Kier molecular flexibility index (Phi) is 3.37. The van der Waals surface area contributed by atoms with Gasteiger partial charge in [-0.05, 0) is 38.0 Å². The van der Waals surface area contributed by atoms with E-state index >= 15 is 0 Å². The lowest BCUT2D eigenvalue weighted by Crippen LogP contribution is -2.06. The summed E-state index contributed by atoms with van der Waals surface area (Å²) in [5, 5.41) is 13.6. The largest absolute Gasteiger partial charge is 0.393 e. The van der Waals surface area contributed by atoms with E-state index in [1.807, 2.05) is 48.0 Å². The van der Waals surface area contributed by atoms with Gasteiger partial charge in [0.05, 0.1) is 11.8 Å². The second kappa shape index (κ2) is 4.94. The van der Waals surface area contributed by atoms with Crippen LogP contribution in [-0.4, -0.2) is 21.0 Å². The van der Waals surface area contributed by atoms with Crippen LogP contribution in [0.4, 0.5) is 0 Å². The first kappa shape index (κ1) is 10.9. The van der Waals surface area contributed by atoms with E-state index in [0.29, 0.717) is 0 Å². The normalized spacial score (nSPS) is 12.6. The van der Waals surface area contributed by atoms with Gasteiger partial charge in [0.2, 0.25) is 0 Å². The zero-order valence-corrected chi connectivity index (χ0v) is 9.37. The molecule has 1 atom stereocenters. The van der Waals surface area contributed by atoms with E-state index in [2.05, 4.69) is 5.10 Å². The first-order valence-electron chi connectivity index (χ1n) is 5.54. The summed E-state index contributed by atoms with van der Waals surface area (Å²) in [5.74, 6) is 0. The minimum absolute atomic E-state index is 0.265. The van der Waals surface area contributed by atoms with E-state index in [9.17, 15) is 5.11 Å². The Morgan fingerprint density at radius 2 is 2.00 bits per heavy atom. The number of rotatable bonds is 4. The SMILES string of the molecule is CC(O)CCc1ccnn1-c1ccccc1. The summed E-state index contributed by atoms with van der Waals surface area (Å²) in [6.45, 7) is 1.81. The molecule has 1 aromatic heterocycles. The van der Waals surface area contributed by atoms with Gasteiger partial charge in [-0.1, -0.05) is 18.2 Å². The van der Waals surface area contributed by atoms with Gasteiger partial charge < -0.3 is 5.11 Å². The Bertz CT molecular complexity index is 434. The molecular formula is C13H16N2O. The molecule has 16 heavy (non-hydrogen) atoms. The van der Waals surface area contributed by atoms with E-state index in [4.69, 9.17) is 0 Å². The molecule has 0 saturated carbocycles. The number of nitrogens with zero attached hydrogens (tertiary/aromatic N) is 2. The van der Waals surface area contributed by atoms with Gasteiger partial charge in [-0.15, -0.1) is 0 Å². The van der Waals surface area contributed by atoms with Gasteiger partial charge in [0, 0.05) is 11.9 Å². The molecule has 0 amide bonds. The van der Waals surface area contributed by atoms with Crippen LogP contribution in [0, 0.1) is 0 Å². The Labute approximate surface area is 95.3 Å². The van der Waals surface area contributed by atoms with Gasteiger partial charge in [-0.25, -0.2) is 4.68 Å². The van der Waals surface area contributed by atoms with Crippen molar-refractivity contribution in [1.29, 1.82) is 0 Å². The molecule has 1 N–H and O–H groups in total. The number of hydrogen-bond donors (Lipinski definition) is 1. The van der Waals surface area contributed by atoms with Crippen LogP contribution < -0.4 is 0 Å². The summed E-state index contributed by atoms with van der Waals surface area (Å²) < 4.78 is 1.92. The number of aliphatic hydroxyl groups is 1. The van der Waals surface area contributed by atoms with Crippen LogP contribution in [0.2, 0.25) is 0 Å². The predicted octanol–water partition coefficient (Wildman–Crippen LogP) is 2.19. The van der Waals surface area contributed by atoms with Gasteiger partial charge in [0.1, 0.15) is 0 Å². The van der Waals surface area contributed by atoms with Crippen molar-refractivity contribution in [3.8, 4) is 5.69 Å². The lowest BCUT2D eigenvalue weighted by atomic mass is 10.1. The lowest BCUT2D eigenvalue weighted by Gasteiger charge is -2.08. The van der Waals surface area contributed by atoms with E-state index in [1.165, 1.54) is 0 Å². The van der Waals surface area contributed by atoms with Crippen LogP contribution in [0.15, 0.2) is 42.6 Å². The van der Waals surface area contributed by atoms with E-state index in [0.717, 1.165) is 24.2 Å². The molecule has 0 spiro atoms. The van der Waals surface area contributed by atoms with Gasteiger partial charge in [0.25, 0.3) is 0 Å². The fraction of sp³-hybridized carbons (Fsp3) is 0.308. The molecule has 1 unspecified atom stereocenters. The Hall–Kier alpha value is -1.61. The highest BCUT2D eigenvalue weighted by atomic mass is 16.3. The van der Waals surface area contributed by atoms with E-state index < -0.39 is 0 Å². The molecule has 0 aliphatic carbocycles. The van der Waals surface area contributed by atoms with Crippen molar-refractivity contribution in [2.75, 3.05) is 0 Å². The number of hydrogen-bond acceptors (Lipinski definition) is 2. The maximum absolute atomic E-state index is 9.28. The second-order valence-corrected chi connectivity index (χ2v) is 3.96. The van der Waals surface area contributed by atoms with Crippen molar-refractivity contribution < 1.29 is 5.11 Å². The smallest absolute Gasteiger partial charge is 0.0648 e. The highest BCUT2D eigenvalue weighted by molar-refractivity contribution is 5.32. The molecule has 0 aliphatic rings. The molecule has 0 fully saturated rings. The Balaban J connectivity index is 2.19. The standard InChI is InChI=1S/C13H16N2O/c1-11(16)7-8-13-9-10-14-15(13)12-5-3-2-4-6-12/h2-6,9-11,16H,7-8H2,1H3. The van der Waals surface area contributed by atoms with E-state index in [-0.39, 0.29) is 6.10 Å². The van der Waals surface area contributed by atoms with Crippen LogP contribution in [0.5, 0.6) is 0 Å². The highest BCUT2D eigenvalue weighted by Gasteiger charge is 2.05. The van der Waals surface area contributed by atoms with Crippen LogP contribution in [0.3, 0.4) is 0 Å². The molecule has 3 nitrogen and oxygen atoms in total. The summed E-state index contributed by atoms with van der Waals surface area (Å²) >= 11 is 0. The van der Waals surface area contributed by atoms with E-state index in [1.54, 1.807) is 6.20 Å². The number of aryl methyl sites for hydroxylation is 1. The number of aliphatic hydroxyl groups excluding tert-OH is 1. The summed E-state index contributed by atoms with van der Waals surface area (Å²) in [5.41, 5.74) is 2.19. The molecule has 2 aromatic rings. The lowest BCUT2D eigenvalue weighted by molar-refractivity contribution is 0.184.